The molecular formula is C25H22N4O5. The molecule has 1 atom stereocenters. The molecule has 1 amide bonds. The van der Waals surface area contributed by atoms with Crippen molar-refractivity contribution in [1.82, 2.24) is 14.5 Å². The van der Waals surface area contributed by atoms with Crippen molar-refractivity contribution in [3.05, 3.63) is 112 Å². The van der Waals surface area contributed by atoms with Crippen LogP contribution in [0.15, 0.2) is 90.7 Å². The normalized spacial score (nSPS) is 15.9. The molecule has 9 nitrogen and oxygen atoms in total. The number of aryl methyl sites for hydroxylation is 1. The molecule has 1 unspecified atom stereocenters. The fourth-order valence-corrected chi connectivity index (χ4v) is 3.93. The zero-order chi connectivity index (χ0) is 24.1. The van der Waals surface area contributed by atoms with E-state index in [-0.39, 0.29) is 17.8 Å². The van der Waals surface area contributed by atoms with E-state index in [0.29, 0.717) is 18.5 Å². The second kappa shape index (κ2) is 9.95. The molecule has 172 valence electrons. The van der Waals surface area contributed by atoms with E-state index in [1.807, 2.05) is 34.9 Å². The van der Waals surface area contributed by atoms with Crippen LogP contribution in [0.5, 0.6) is 0 Å². The second-order valence-corrected chi connectivity index (χ2v) is 7.77. The van der Waals surface area contributed by atoms with Gasteiger partial charge in [-0.1, -0.05) is 36.4 Å². The maximum absolute atomic E-state index is 13.1. The Morgan fingerprint density at radius 2 is 1.85 bits per heavy atom. The molecule has 1 aliphatic rings. The minimum atomic E-state index is -0.857. The van der Waals surface area contributed by atoms with Crippen LogP contribution in [0, 0.1) is 10.1 Å². The summed E-state index contributed by atoms with van der Waals surface area (Å²) in [7, 11) is 0. The molecule has 0 saturated carbocycles. The van der Waals surface area contributed by atoms with Gasteiger partial charge in [-0.15, -0.1) is 0 Å². The number of nitro benzene ring substituents is 1. The highest BCUT2D eigenvalue weighted by Crippen LogP contribution is 2.38. The van der Waals surface area contributed by atoms with Crippen molar-refractivity contribution in [3.63, 3.8) is 0 Å². The summed E-state index contributed by atoms with van der Waals surface area (Å²) in [5, 5.41) is 21.7. The zero-order valence-corrected chi connectivity index (χ0v) is 18.2. The number of ketones is 1. The fourth-order valence-electron chi connectivity index (χ4n) is 3.93. The van der Waals surface area contributed by atoms with Crippen molar-refractivity contribution in [2.24, 2.45) is 0 Å². The third kappa shape index (κ3) is 4.78. The minimum absolute atomic E-state index is 0.0475. The summed E-state index contributed by atoms with van der Waals surface area (Å²) in [6.07, 6.45) is 8.62. The predicted octanol–water partition coefficient (Wildman–Crippen LogP) is 3.86. The Labute approximate surface area is 195 Å². The van der Waals surface area contributed by atoms with Gasteiger partial charge in [0.25, 0.3) is 11.6 Å². The molecule has 1 N–H and O–H groups in total. The Morgan fingerprint density at radius 3 is 2.50 bits per heavy atom. The van der Waals surface area contributed by atoms with Gasteiger partial charge in [-0.05, 0) is 35.8 Å². The topological polar surface area (TPSA) is 119 Å². The van der Waals surface area contributed by atoms with Gasteiger partial charge in [-0.3, -0.25) is 19.7 Å². The van der Waals surface area contributed by atoms with Gasteiger partial charge in [0.15, 0.2) is 11.5 Å². The molecule has 4 rings (SSSR count). The van der Waals surface area contributed by atoms with E-state index in [2.05, 4.69) is 4.98 Å². The predicted molar refractivity (Wildman–Crippen MR) is 125 cm³/mol. The van der Waals surface area contributed by atoms with Gasteiger partial charge < -0.3 is 14.6 Å². The first-order valence-corrected chi connectivity index (χ1v) is 10.7. The molecule has 9 heteroatoms. The van der Waals surface area contributed by atoms with E-state index in [4.69, 9.17) is 0 Å². The highest BCUT2D eigenvalue weighted by atomic mass is 16.6. The molecule has 0 saturated heterocycles. The van der Waals surface area contributed by atoms with Crippen LogP contribution < -0.4 is 0 Å². The lowest BCUT2D eigenvalue weighted by molar-refractivity contribution is -0.384. The molecule has 2 aromatic carbocycles. The molecule has 0 spiro atoms. The number of carbonyl (C=O) groups is 2. The molecular weight excluding hydrogens is 436 g/mol. The van der Waals surface area contributed by atoms with Crippen LogP contribution in [0.1, 0.15) is 23.6 Å². The van der Waals surface area contributed by atoms with Crippen LogP contribution in [0.25, 0.3) is 6.08 Å². The third-order valence-corrected chi connectivity index (χ3v) is 5.59. The highest BCUT2D eigenvalue weighted by molar-refractivity contribution is 6.14. The van der Waals surface area contributed by atoms with E-state index in [1.165, 1.54) is 35.2 Å². The van der Waals surface area contributed by atoms with Crippen molar-refractivity contribution < 1.29 is 19.6 Å². The molecule has 34 heavy (non-hydrogen) atoms. The van der Waals surface area contributed by atoms with Crippen LogP contribution >= 0.6 is 0 Å². The minimum Gasteiger partial charge on any atom is -0.503 e. The Hall–Kier alpha value is -4.53. The summed E-state index contributed by atoms with van der Waals surface area (Å²) in [6.45, 7) is 0.858. The van der Waals surface area contributed by atoms with Gasteiger partial charge in [0, 0.05) is 37.6 Å². The lowest BCUT2D eigenvalue weighted by atomic mass is 9.95. The van der Waals surface area contributed by atoms with Crippen LogP contribution in [0.4, 0.5) is 5.69 Å². The monoisotopic (exact) mass is 458 g/mol. The van der Waals surface area contributed by atoms with Gasteiger partial charge in [0.2, 0.25) is 0 Å². The van der Waals surface area contributed by atoms with Crippen LogP contribution in [0.3, 0.4) is 0 Å². The maximum Gasteiger partial charge on any atom is 0.290 e. The molecule has 1 aromatic heterocycles. The number of non-ortho nitro benzene ring substituents is 1. The average Bonchev–Trinajstić information content (AvgIpc) is 3.45. The van der Waals surface area contributed by atoms with E-state index in [1.54, 1.807) is 24.8 Å². The summed E-state index contributed by atoms with van der Waals surface area (Å²) >= 11 is 0. The SMILES string of the molecule is O=C(/C=C/c1ccccc1)C1=C(O)C(=O)N(CCCn2ccnc2)C1c1ccc([N+](=O)[O-])cc1. The number of hydrogen-bond acceptors (Lipinski definition) is 6. The number of imidazole rings is 1. The van der Waals surface area contributed by atoms with Crippen LogP contribution in [0.2, 0.25) is 0 Å². The Balaban J connectivity index is 1.63. The molecule has 3 aromatic rings. The standard InChI is InChI=1S/C25H22N4O5/c30-21(12-7-18-5-2-1-3-6-18)22-23(19-8-10-20(11-9-19)29(33)34)28(25(32)24(22)31)15-4-14-27-16-13-26-17-27/h1-3,5-13,16-17,23,31H,4,14-15H2/b12-7+. The van der Waals surface area contributed by atoms with Crippen LogP contribution in [-0.2, 0) is 16.1 Å². The van der Waals surface area contributed by atoms with Crippen molar-refractivity contribution in [2.75, 3.05) is 6.54 Å². The number of nitro groups is 1. The van der Waals surface area contributed by atoms with Gasteiger partial charge in [-0.25, -0.2) is 4.98 Å². The molecule has 0 aliphatic carbocycles. The van der Waals surface area contributed by atoms with Crippen molar-refractivity contribution in [3.8, 4) is 0 Å². The van der Waals surface area contributed by atoms with Gasteiger partial charge in [0.05, 0.1) is 22.9 Å². The smallest absolute Gasteiger partial charge is 0.290 e. The average molecular weight is 458 g/mol. The lowest BCUT2D eigenvalue weighted by Gasteiger charge is -2.26. The van der Waals surface area contributed by atoms with Crippen molar-refractivity contribution >= 4 is 23.5 Å². The van der Waals surface area contributed by atoms with E-state index in [0.717, 1.165) is 5.56 Å². The first kappa shape index (κ1) is 22.7. The number of hydrogen-bond donors (Lipinski definition) is 1. The molecule has 0 fully saturated rings. The maximum atomic E-state index is 13.1. The van der Waals surface area contributed by atoms with Crippen LogP contribution in [-0.4, -0.2) is 42.7 Å². The van der Waals surface area contributed by atoms with Gasteiger partial charge >= 0.3 is 0 Å². The number of amides is 1. The van der Waals surface area contributed by atoms with Crippen molar-refractivity contribution in [2.45, 2.75) is 19.0 Å². The number of aromatic nitrogens is 2. The van der Waals surface area contributed by atoms with Gasteiger partial charge in [0.1, 0.15) is 0 Å². The number of nitrogens with zero attached hydrogens (tertiary/aromatic N) is 4. The molecule has 0 radical (unpaired) electrons. The van der Waals surface area contributed by atoms with Crippen molar-refractivity contribution in [1.29, 1.82) is 0 Å². The number of aliphatic hydroxyl groups excluding tert-OH is 1. The Kier molecular flexibility index (Phi) is 6.63. The largest absolute Gasteiger partial charge is 0.503 e. The number of benzene rings is 2. The zero-order valence-electron chi connectivity index (χ0n) is 18.2. The molecule has 2 heterocycles. The Bertz CT molecular complexity index is 1250. The molecule has 0 bridgehead atoms. The summed E-state index contributed by atoms with van der Waals surface area (Å²) in [4.78, 5) is 42.1. The summed E-state index contributed by atoms with van der Waals surface area (Å²) < 4.78 is 1.86. The number of aliphatic hydroxyl groups is 1. The summed E-state index contributed by atoms with van der Waals surface area (Å²) in [5.41, 5.74) is 1.14. The highest BCUT2D eigenvalue weighted by Gasteiger charge is 2.42. The van der Waals surface area contributed by atoms with E-state index >= 15 is 0 Å². The Morgan fingerprint density at radius 1 is 1.12 bits per heavy atom. The van der Waals surface area contributed by atoms with E-state index in [9.17, 15) is 24.8 Å². The first-order valence-electron chi connectivity index (χ1n) is 10.7. The summed E-state index contributed by atoms with van der Waals surface area (Å²) in [5.74, 6) is -1.76. The third-order valence-electron chi connectivity index (χ3n) is 5.59. The number of allylic oxidation sites excluding steroid dienone is 1. The first-order chi connectivity index (χ1) is 16.5. The number of rotatable bonds is 9. The lowest BCUT2D eigenvalue weighted by Crippen LogP contribution is -2.32. The molecule has 1 aliphatic heterocycles. The van der Waals surface area contributed by atoms with E-state index < -0.39 is 28.4 Å². The summed E-state index contributed by atoms with van der Waals surface area (Å²) in [6, 6.07) is 14.0. The second-order valence-electron chi connectivity index (χ2n) is 7.77. The fraction of sp³-hybridized carbons (Fsp3) is 0.160. The van der Waals surface area contributed by atoms with Gasteiger partial charge in [-0.2, -0.15) is 0 Å². The number of carbonyl (C=O) groups excluding carboxylic acids is 2. The quantitative estimate of drug-likeness (QED) is 0.295.